The maximum Gasteiger partial charge on any atom is 0.329 e. The van der Waals surface area contributed by atoms with Gasteiger partial charge in [0.1, 0.15) is 18.1 Å². The number of ether oxygens (including phenoxy) is 3. The molecule has 0 saturated carbocycles. The lowest BCUT2D eigenvalue weighted by Gasteiger charge is -2.36. The van der Waals surface area contributed by atoms with Crippen LogP contribution < -0.4 is 0 Å². The maximum absolute atomic E-state index is 14.1. The monoisotopic (exact) mass is 631 g/mol. The van der Waals surface area contributed by atoms with Crippen molar-refractivity contribution in [3.63, 3.8) is 0 Å². The normalized spacial score (nSPS) is 28.1. The zero-order valence-corrected chi connectivity index (χ0v) is 28.1. The molecule has 0 bridgehead atoms. The first-order chi connectivity index (χ1) is 21.1. The summed E-state index contributed by atoms with van der Waals surface area (Å²) in [6.45, 7) is 11.4. The lowest BCUT2D eigenvalue weighted by molar-refractivity contribution is -0.177. The van der Waals surface area contributed by atoms with E-state index >= 15 is 0 Å². The van der Waals surface area contributed by atoms with Gasteiger partial charge in [-0.3, -0.25) is 14.4 Å². The summed E-state index contributed by atoms with van der Waals surface area (Å²) in [7, 11) is 4.21. The van der Waals surface area contributed by atoms with Gasteiger partial charge in [0.25, 0.3) is 17.7 Å². The second kappa shape index (κ2) is 16.4. The average molecular weight is 632 g/mol. The highest BCUT2D eigenvalue weighted by molar-refractivity contribution is 5.93. The molecule has 1 saturated heterocycles. The van der Waals surface area contributed by atoms with Crippen LogP contribution in [0.1, 0.15) is 66.9 Å². The van der Waals surface area contributed by atoms with Crippen molar-refractivity contribution in [1.82, 2.24) is 14.7 Å². The van der Waals surface area contributed by atoms with E-state index in [1.807, 2.05) is 19.9 Å². The van der Waals surface area contributed by atoms with Crippen molar-refractivity contribution < 1.29 is 43.0 Å². The molecule has 3 amide bonds. The molecule has 1 aliphatic rings. The van der Waals surface area contributed by atoms with E-state index in [0.717, 1.165) is 4.90 Å². The van der Waals surface area contributed by atoms with Crippen LogP contribution in [0.2, 0.25) is 0 Å². The van der Waals surface area contributed by atoms with Crippen LogP contribution in [0.15, 0.2) is 30.3 Å². The van der Waals surface area contributed by atoms with Crippen molar-refractivity contribution in [2.24, 2.45) is 11.8 Å². The summed E-state index contributed by atoms with van der Waals surface area (Å²) < 4.78 is 16.9. The Morgan fingerprint density at radius 3 is 1.53 bits per heavy atom. The van der Waals surface area contributed by atoms with E-state index in [9.17, 15) is 28.8 Å². The second-order valence-electron chi connectivity index (χ2n) is 12.0. The van der Waals surface area contributed by atoms with Crippen LogP contribution in [0.4, 0.5) is 0 Å². The molecular formula is C33H49N3O9. The fourth-order valence-corrected chi connectivity index (χ4v) is 5.25. The van der Waals surface area contributed by atoms with Gasteiger partial charge in [-0.1, -0.05) is 70.9 Å². The number of esters is 3. The van der Waals surface area contributed by atoms with E-state index in [-0.39, 0.29) is 6.42 Å². The first-order valence-corrected chi connectivity index (χ1v) is 15.5. The summed E-state index contributed by atoms with van der Waals surface area (Å²) in [5.41, 5.74) is 0.711. The number of amides is 3. The molecule has 45 heavy (non-hydrogen) atoms. The average Bonchev–Trinajstić information content (AvgIpc) is 3.02. The quantitative estimate of drug-likeness (QED) is 0.342. The number of hydrogen-bond acceptors (Lipinski definition) is 9. The number of benzene rings is 1. The molecule has 8 atom stereocenters. The van der Waals surface area contributed by atoms with E-state index in [2.05, 4.69) is 0 Å². The van der Waals surface area contributed by atoms with Crippen molar-refractivity contribution in [2.45, 2.75) is 104 Å². The lowest BCUT2D eigenvalue weighted by Crippen LogP contribution is -2.56. The highest BCUT2D eigenvalue weighted by Crippen LogP contribution is 2.23. The van der Waals surface area contributed by atoms with Crippen molar-refractivity contribution in [1.29, 1.82) is 0 Å². The van der Waals surface area contributed by atoms with Crippen LogP contribution in [-0.4, -0.2) is 108 Å². The summed E-state index contributed by atoms with van der Waals surface area (Å²) in [6, 6.07) is 5.62. The number of likely N-dealkylation sites (N-methyl/N-ethyl adjacent to an activating group) is 3. The number of hydrogen-bond donors (Lipinski definition) is 0. The van der Waals surface area contributed by atoms with Gasteiger partial charge < -0.3 is 28.9 Å². The van der Waals surface area contributed by atoms with E-state index < -0.39 is 83.9 Å². The van der Waals surface area contributed by atoms with Crippen LogP contribution in [0.3, 0.4) is 0 Å². The zero-order valence-electron chi connectivity index (χ0n) is 28.1. The highest BCUT2D eigenvalue weighted by Gasteiger charge is 2.42. The first kappa shape index (κ1) is 37.2. The van der Waals surface area contributed by atoms with Gasteiger partial charge in [0.2, 0.25) is 0 Å². The van der Waals surface area contributed by atoms with E-state index in [0.29, 0.717) is 18.4 Å². The van der Waals surface area contributed by atoms with Crippen molar-refractivity contribution >= 4 is 35.6 Å². The van der Waals surface area contributed by atoms with Gasteiger partial charge in [0.05, 0.1) is 0 Å². The standard InChI is InChI=1S/C33H49N3O9/c1-11-19(3)26-32(41)44-22(6)28(37)34(8)21(5)31(40)43-23(7)29(38)35(9)27(20(4)12-2)33(42)45-25(30(39)36(26)10)18-24-16-14-13-15-17-24/h13-17,19-23,25-27H,11-12,18H2,1-10H3/t19?,20?,21-,22+,23+,25+,26-,27-/m0/s1. The minimum atomic E-state index is -1.35. The van der Waals surface area contributed by atoms with Gasteiger partial charge in [-0.15, -0.1) is 0 Å². The summed E-state index contributed by atoms with van der Waals surface area (Å²) in [6.07, 6.45) is -2.95. The summed E-state index contributed by atoms with van der Waals surface area (Å²) >= 11 is 0. The Morgan fingerprint density at radius 2 is 1.04 bits per heavy atom. The van der Waals surface area contributed by atoms with Crippen LogP contribution in [0.5, 0.6) is 0 Å². The minimum Gasteiger partial charge on any atom is -0.451 e. The Balaban J connectivity index is 2.68. The minimum absolute atomic E-state index is 0.00843. The largest absolute Gasteiger partial charge is 0.451 e. The topological polar surface area (TPSA) is 140 Å². The van der Waals surface area contributed by atoms with Gasteiger partial charge >= 0.3 is 17.9 Å². The predicted molar refractivity (Wildman–Crippen MR) is 165 cm³/mol. The molecule has 0 aromatic heterocycles. The smallest absolute Gasteiger partial charge is 0.329 e. The third-order valence-electron chi connectivity index (χ3n) is 8.73. The highest BCUT2D eigenvalue weighted by atomic mass is 16.6. The van der Waals surface area contributed by atoms with Crippen LogP contribution in [0.25, 0.3) is 0 Å². The number of carbonyl (C=O) groups is 6. The van der Waals surface area contributed by atoms with Crippen LogP contribution >= 0.6 is 0 Å². The Kier molecular flexibility index (Phi) is 13.6. The van der Waals surface area contributed by atoms with Crippen molar-refractivity contribution in [3.05, 3.63) is 35.9 Å². The molecular weight excluding hydrogens is 582 g/mol. The first-order valence-electron chi connectivity index (χ1n) is 15.5. The zero-order chi connectivity index (χ0) is 34.2. The fourth-order valence-electron chi connectivity index (χ4n) is 5.25. The molecule has 1 aliphatic heterocycles. The van der Waals surface area contributed by atoms with Crippen molar-refractivity contribution in [2.75, 3.05) is 21.1 Å². The molecule has 2 unspecified atom stereocenters. The molecule has 1 heterocycles. The summed E-state index contributed by atoms with van der Waals surface area (Å²) in [4.78, 5) is 84.7. The Labute approximate surface area is 266 Å². The van der Waals surface area contributed by atoms with Gasteiger partial charge in [-0.05, 0) is 38.2 Å². The van der Waals surface area contributed by atoms with Crippen molar-refractivity contribution in [3.8, 4) is 0 Å². The van der Waals surface area contributed by atoms with E-state index in [1.54, 1.807) is 38.1 Å². The molecule has 1 fully saturated rings. The number of rotatable bonds is 6. The molecule has 12 heteroatoms. The van der Waals surface area contributed by atoms with Crippen LogP contribution in [0, 0.1) is 11.8 Å². The fraction of sp³-hybridized carbons (Fsp3) is 0.636. The molecule has 2 rings (SSSR count). The van der Waals surface area contributed by atoms with E-state index in [1.165, 1.54) is 51.7 Å². The lowest BCUT2D eigenvalue weighted by atomic mass is 9.96. The molecule has 0 spiro atoms. The third-order valence-corrected chi connectivity index (χ3v) is 8.73. The molecule has 0 aliphatic carbocycles. The predicted octanol–water partition coefficient (Wildman–Crippen LogP) is 2.61. The maximum atomic E-state index is 14.1. The third kappa shape index (κ3) is 9.04. The summed E-state index contributed by atoms with van der Waals surface area (Å²) in [5.74, 6) is -5.23. The Morgan fingerprint density at radius 1 is 0.622 bits per heavy atom. The number of cyclic esters (lactones) is 3. The Hall–Kier alpha value is -3.96. The number of carbonyl (C=O) groups excluding carboxylic acids is 6. The molecule has 250 valence electrons. The van der Waals surface area contributed by atoms with Gasteiger partial charge in [0, 0.05) is 27.6 Å². The summed E-state index contributed by atoms with van der Waals surface area (Å²) in [5, 5.41) is 0. The number of nitrogens with zero attached hydrogens (tertiary/aromatic N) is 3. The SMILES string of the molecule is CCC(C)[C@H]1C(=O)O[C@H](Cc2ccccc2)C(=O)N(C)[C@@H](C(C)CC)C(=O)O[C@H](C)C(=O)N(C)[C@@H](C)C(=O)O[C@H](C)C(=O)N1C. The molecule has 1 aromatic rings. The van der Waals surface area contributed by atoms with Gasteiger partial charge in [-0.25, -0.2) is 14.4 Å². The molecule has 0 radical (unpaired) electrons. The molecule has 0 N–H and O–H groups in total. The second-order valence-corrected chi connectivity index (χ2v) is 12.0. The molecule has 12 nitrogen and oxygen atoms in total. The van der Waals surface area contributed by atoms with Gasteiger partial charge in [-0.2, -0.15) is 0 Å². The Bertz CT molecular complexity index is 1220. The molecule has 1 aromatic carbocycles. The van der Waals surface area contributed by atoms with Crippen LogP contribution in [-0.2, 0) is 49.4 Å². The van der Waals surface area contributed by atoms with E-state index in [4.69, 9.17) is 14.2 Å². The van der Waals surface area contributed by atoms with Gasteiger partial charge in [0.15, 0.2) is 18.3 Å².